The molecule has 0 N–H and O–H groups in total. The number of halogens is 5. The summed E-state index contributed by atoms with van der Waals surface area (Å²) in [5.74, 6) is 0.136. The molecular formula is C15H11BrCl3FO. The van der Waals surface area contributed by atoms with Crippen molar-refractivity contribution in [3.63, 3.8) is 0 Å². The summed E-state index contributed by atoms with van der Waals surface area (Å²) in [4.78, 5) is -0.300. The molecule has 0 amide bonds. The Labute approximate surface area is 146 Å². The first kappa shape index (κ1) is 16.9. The molecule has 6 heteroatoms. The van der Waals surface area contributed by atoms with Gasteiger partial charge < -0.3 is 4.74 Å². The zero-order valence-corrected chi connectivity index (χ0v) is 14.8. The fourth-order valence-electron chi connectivity index (χ4n) is 1.88. The molecule has 0 saturated heterocycles. The van der Waals surface area contributed by atoms with Crippen LogP contribution in [0.4, 0.5) is 4.39 Å². The Morgan fingerprint density at radius 1 is 1.05 bits per heavy atom. The maximum Gasteiger partial charge on any atom is 0.139 e. The van der Waals surface area contributed by atoms with Crippen LogP contribution in [0.3, 0.4) is 0 Å². The highest BCUT2D eigenvalue weighted by Gasteiger charge is 2.19. The molecule has 21 heavy (non-hydrogen) atoms. The molecule has 0 aromatic heterocycles. The van der Waals surface area contributed by atoms with Crippen LogP contribution < -0.4 is 4.74 Å². The predicted molar refractivity (Wildman–Crippen MR) is 89.8 cm³/mol. The van der Waals surface area contributed by atoms with E-state index in [4.69, 9.17) is 39.5 Å². The summed E-state index contributed by atoms with van der Waals surface area (Å²) in [5, 5.41) is 1.27. The molecule has 1 unspecified atom stereocenters. The Balaban J connectivity index is 2.43. The lowest BCUT2D eigenvalue weighted by Gasteiger charge is -2.16. The lowest BCUT2D eigenvalue weighted by molar-refractivity contribution is 0.340. The maximum absolute atomic E-state index is 13.1. The van der Waals surface area contributed by atoms with Crippen LogP contribution in [-0.4, -0.2) is 6.61 Å². The van der Waals surface area contributed by atoms with Crippen LogP contribution in [0.5, 0.6) is 5.75 Å². The van der Waals surface area contributed by atoms with Crippen molar-refractivity contribution in [2.75, 3.05) is 6.61 Å². The molecule has 0 aliphatic heterocycles. The summed E-state index contributed by atoms with van der Waals surface area (Å²) >= 11 is 22.1. The fourth-order valence-corrected chi connectivity index (χ4v) is 3.69. The van der Waals surface area contributed by atoms with Gasteiger partial charge in [-0.05, 0) is 36.2 Å². The highest BCUT2D eigenvalue weighted by Crippen LogP contribution is 2.42. The van der Waals surface area contributed by atoms with Gasteiger partial charge in [0.2, 0.25) is 0 Å². The van der Waals surface area contributed by atoms with Crippen LogP contribution in [0.2, 0.25) is 15.1 Å². The van der Waals surface area contributed by atoms with Gasteiger partial charge in [-0.1, -0.05) is 56.8 Å². The van der Waals surface area contributed by atoms with E-state index in [-0.39, 0.29) is 10.6 Å². The van der Waals surface area contributed by atoms with Crippen LogP contribution in [-0.2, 0) is 0 Å². The summed E-state index contributed by atoms with van der Waals surface area (Å²) in [6.07, 6.45) is 0. The Morgan fingerprint density at radius 3 is 2.33 bits per heavy atom. The third kappa shape index (κ3) is 3.84. The molecule has 0 radical (unpaired) electrons. The summed E-state index contributed by atoms with van der Waals surface area (Å²) < 4.78 is 18.5. The van der Waals surface area contributed by atoms with Crippen molar-refractivity contribution in [1.82, 2.24) is 0 Å². The van der Waals surface area contributed by atoms with Crippen molar-refractivity contribution < 1.29 is 9.13 Å². The summed E-state index contributed by atoms with van der Waals surface area (Å²) in [6, 6.07) is 7.59. The quantitative estimate of drug-likeness (QED) is 0.510. The number of benzene rings is 2. The fraction of sp³-hybridized carbons (Fsp3) is 0.200. The number of hydrogen-bond donors (Lipinski definition) is 0. The van der Waals surface area contributed by atoms with Crippen LogP contribution in [0, 0.1) is 5.82 Å². The minimum atomic E-state index is -0.390. The molecule has 2 aromatic carbocycles. The number of ether oxygens (including phenoxy) is 1. The van der Waals surface area contributed by atoms with E-state index in [1.165, 1.54) is 12.1 Å². The second-order valence-electron chi connectivity index (χ2n) is 4.27. The van der Waals surface area contributed by atoms with Crippen molar-refractivity contribution in [2.45, 2.75) is 11.8 Å². The van der Waals surface area contributed by atoms with Gasteiger partial charge in [0, 0.05) is 16.1 Å². The van der Waals surface area contributed by atoms with E-state index < -0.39 is 0 Å². The van der Waals surface area contributed by atoms with E-state index in [9.17, 15) is 4.39 Å². The molecule has 1 nitrogen and oxygen atoms in total. The van der Waals surface area contributed by atoms with E-state index in [0.717, 1.165) is 5.56 Å². The topological polar surface area (TPSA) is 9.23 Å². The Bertz CT molecular complexity index is 664. The molecule has 0 fully saturated rings. The molecule has 0 spiro atoms. The summed E-state index contributed by atoms with van der Waals surface area (Å²) in [6.45, 7) is 2.36. The number of rotatable bonds is 4. The van der Waals surface area contributed by atoms with Crippen molar-refractivity contribution in [3.8, 4) is 5.75 Å². The third-order valence-corrected chi connectivity index (χ3v) is 4.80. The van der Waals surface area contributed by atoms with Gasteiger partial charge in [-0.25, -0.2) is 4.39 Å². The van der Waals surface area contributed by atoms with Crippen molar-refractivity contribution in [1.29, 1.82) is 0 Å². The van der Waals surface area contributed by atoms with E-state index in [0.29, 0.717) is 33.0 Å². The first-order valence-electron chi connectivity index (χ1n) is 6.14. The molecule has 2 rings (SSSR count). The standard InChI is InChI=1S/C15H11BrCl3FO/c1-2-21-14-7-12(18)10(6-13(14)19)15(16)9-4-3-8(20)5-11(9)17/h3-7,15H,2H2,1H3. The van der Waals surface area contributed by atoms with Crippen LogP contribution >= 0.6 is 50.7 Å². The van der Waals surface area contributed by atoms with E-state index in [1.54, 1.807) is 18.2 Å². The second-order valence-corrected chi connectivity index (χ2v) is 6.40. The summed E-state index contributed by atoms with van der Waals surface area (Å²) in [7, 11) is 0. The van der Waals surface area contributed by atoms with Gasteiger partial charge in [-0.2, -0.15) is 0 Å². The Morgan fingerprint density at radius 2 is 1.71 bits per heavy atom. The molecule has 0 bridgehead atoms. The minimum absolute atomic E-state index is 0.300. The smallest absolute Gasteiger partial charge is 0.139 e. The Hall–Kier alpha value is -0.480. The lowest BCUT2D eigenvalue weighted by Crippen LogP contribution is -1.98. The van der Waals surface area contributed by atoms with Gasteiger partial charge in [0.15, 0.2) is 0 Å². The minimum Gasteiger partial charge on any atom is -0.492 e. The monoisotopic (exact) mass is 410 g/mol. The highest BCUT2D eigenvalue weighted by molar-refractivity contribution is 9.09. The van der Waals surface area contributed by atoms with Crippen molar-refractivity contribution in [3.05, 3.63) is 62.3 Å². The zero-order valence-electron chi connectivity index (χ0n) is 11.0. The van der Waals surface area contributed by atoms with E-state index in [2.05, 4.69) is 15.9 Å². The molecule has 0 aliphatic rings. The zero-order chi connectivity index (χ0) is 15.6. The number of hydrogen-bond acceptors (Lipinski definition) is 1. The highest BCUT2D eigenvalue weighted by atomic mass is 79.9. The van der Waals surface area contributed by atoms with Crippen molar-refractivity contribution >= 4 is 50.7 Å². The molecule has 112 valence electrons. The molecule has 0 saturated carbocycles. The first-order chi connectivity index (χ1) is 9.93. The molecular weight excluding hydrogens is 401 g/mol. The van der Waals surface area contributed by atoms with Crippen LogP contribution in [0.15, 0.2) is 30.3 Å². The molecule has 1 atom stereocenters. The normalized spacial score (nSPS) is 12.3. The Kier molecular flexibility index (Phi) is 5.78. The van der Waals surface area contributed by atoms with Gasteiger partial charge in [0.25, 0.3) is 0 Å². The largest absolute Gasteiger partial charge is 0.492 e. The lowest BCUT2D eigenvalue weighted by atomic mass is 10.0. The second kappa shape index (κ2) is 7.19. The van der Waals surface area contributed by atoms with Crippen molar-refractivity contribution in [2.24, 2.45) is 0 Å². The average molecular weight is 413 g/mol. The molecule has 0 aliphatic carbocycles. The molecule has 0 heterocycles. The van der Waals surface area contributed by atoms with Gasteiger partial charge in [-0.15, -0.1) is 0 Å². The maximum atomic E-state index is 13.1. The predicted octanol–water partition coefficient (Wildman–Crippen LogP) is 6.67. The average Bonchev–Trinajstić information content (AvgIpc) is 2.42. The van der Waals surface area contributed by atoms with E-state index in [1.807, 2.05) is 6.92 Å². The third-order valence-electron chi connectivity index (χ3n) is 2.86. The van der Waals surface area contributed by atoms with Gasteiger partial charge in [0.05, 0.1) is 16.5 Å². The van der Waals surface area contributed by atoms with Crippen LogP contribution in [0.25, 0.3) is 0 Å². The van der Waals surface area contributed by atoms with Crippen LogP contribution in [0.1, 0.15) is 22.9 Å². The van der Waals surface area contributed by atoms with Gasteiger partial charge in [-0.3, -0.25) is 0 Å². The summed E-state index contributed by atoms with van der Waals surface area (Å²) in [5.41, 5.74) is 1.44. The van der Waals surface area contributed by atoms with Gasteiger partial charge in [0.1, 0.15) is 11.6 Å². The number of alkyl halides is 1. The first-order valence-corrected chi connectivity index (χ1v) is 8.19. The SMILES string of the molecule is CCOc1cc(Cl)c(C(Br)c2ccc(F)cc2Cl)cc1Cl. The van der Waals surface area contributed by atoms with E-state index >= 15 is 0 Å². The molecule has 2 aromatic rings. The van der Waals surface area contributed by atoms with Gasteiger partial charge >= 0.3 is 0 Å².